The second kappa shape index (κ2) is 4.96. The molecule has 3 aromatic rings. The lowest BCUT2D eigenvalue weighted by atomic mass is 9.93. The fourth-order valence-corrected chi connectivity index (χ4v) is 3.42. The van der Waals surface area contributed by atoms with Crippen molar-refractivity contribution in [1.82, 2.24) is 4.57 Å². The van der Waals surface area contributed by atoms with Crippen molar-refractivity contribution in [2.75, 3.05) is 6.61 Å². The van der Waals surface area contributed by atoms with Crippen LogP contribution in [0, 0.1) is 6.92 Å². The highest BCUT2D eigenvalue weighted by Gasteiger charge is 2.22. The summed E-state index contributed by atoms with van der Waals surface area (Å²) in [6, 6.07) is 19.4. The zero-order valence-electron chi connectivity index (χ0n) is 12.3. The van der Waals surface area contributed by atoms with Crippen molar-refractivity contribution in [2.45, 2.75) is 25.8 Å². The first-order valence-electron chi connectivity index (χ1n) is 7.59. The number of benzene rings is 2. The molecule has 0 saturated heterocycles. The maximum atomic E-state index is 5.78. The van der Waals surface area contributed by atoms with Crippen LogP contribution in [0.4, 0.5) is 0 Å². The number of hydrogen-bond donors (Lipinski definition) is 0. The summed E-state index contributed by atoms with van der Waals surface area (Å²) in [5.41, 5.74) is 4.01. The number of nitrogens with zero attached hydrogens (tertiary/aromatic N) is 1. The Morgan fingerprint density at radius 1 is 1.10 bits per heavy atom. The number of para-hydroxylation sites is 2. The normalized spacial score (nSPS) is 17.5. The zero-order valence-corrected chi connectivity index (χ0v) is 12.3. The lowest BCUT2D eigenvalue weighted by Gasteiger charge is -2.27. The monoisotopic (exact) mass is 277 g/mol. The molecule has 1 unspecified atom stereocenters. The SMILES string of the molecule is Cc1cc2ccccc2n1CC1CCOc2ccccc21. The number of aryl methyl sites for hydroxylation is 1. The van der Waals surface area contributed by atoms with Crippen molar-refractivity contribution < 1.29 is 4.74 Å². The Kier molecular flexibility index (Phi) is 2.95. The molecule has 2 aromatic carbocycles. The van der Waals surface area contributed by atoms with Gasteiger partial charge in [-0.05, 0) is 42.5 Å². The summed E-state index contributed by atoms with van der Waals surface area (Å²) in [5, 5.41) is 1.33. The number of ether oxygens (including phenoxy) is 1. The Bertz CT molecular complexity index is 787. The second-order valence-electron chi connectivity index (χ2n) is 5.83. The summed E-state index contributed by atoms with van der Waals surface area (Å²) in [6.07, 6.45) is 1.09. The maximum absolute atomic E-state index is 5.78. The molecular formula is C19H19NO. The fraction of sp³-hybridized carbons (Fsp3) is 0.263. The minimum Gasteiger partial charge on any atom is -0.493 e. The van der Waals surface area contributed by atoms with E-state index in [9.17, 15) is 0 Å². The molecular weight excluding hydrogens is 258 g/mol. The van der Waals surface area contributed by atoms with Crippen LogP contribution in [0.25, 0.3) is 10.9 Å². The zero-order chi connectivity index (χ0) is 14.2. The lowest BCUT2D eigenvalue weighted by Crippen LogP contribution is -2.19. The number of rotatable bonds is 2. The highest BCUT2D eigenvalue weighted by Crippen LogP contribution is 2.35. The maximum Gasteiger partial charge on any atom is 0.122 e. The highest BCUT2D eigenvalue weighted by atomic mass is 16.5. The number of aromatic nitrogens is 1. The van der Waals surface area contributed by atoms with Crippen LogP contribution in [0.3, 0.4) is 0 Å². The molecule has 2 heterocycles. The Balaban J connectivity index is 1.74. The summed E-state index contributed by atoms with van der Waals surface area (Å²) in [6.45, 7) is 4.05. The van der Waals surface area contributed by atoms with Crippen LogP contribution in [-0.4, -0.2) is 11.2 Å². The summed E-state index contributed by atoms with van der Waals surface area (Å²) < 4.78 is 8.23. The van der Waals surface area contributed by atoms with Gasteiger partial charge >= 0.3 is 0 Å². The van der Waals surface area contributed by atoms with Crippen LogP contribution in [0.5, 0.6) is 5.75 Å². The van der Waals surface area contributed by atoms with E-state index < -0.39 is 0 Å². The highest BCUT2D eigenvalue weighted by molar-refractivity contribution is 5.81. The van der Waals surface area contributed by atoms with Gasteiger partial charge in [-0.3, -0.25) is 0 Å². The van der Waals surface area contributed by atoms with E-state index in [1.807, 2.05) is 0 Å². The van der Waals surface area contributed by atoms with Crippen LogP contribution >= 0.6 is 0 Å². The van der Waals surface area contributed by atoms with E-state index in [0.717, 1.165) is 25.3 Å². The van der Waals surface area contributed by atoms with E-state index in [1.165, 1.54) is 22.2 Å². The first-order chi connectivity index (χ1) is 10.3. The first kappa shape index (κ1) is 12.5. The van der Waals surface area contributed by atoms with Crippen molar-refractivity contribution in [1.29, 1.82) is 0 Å². The largest absolute Gasteiger partial charge is 0.493 e. The van der Waals surface area contributed by atoms with Gasteiger partial charge in [-0.1, -0.05) is 36.4 Å². The summed E-state index contributed by atoms with van der Waals surface area (Å²) in [7, 11) is 0. The van der Waals surface area contributed by atoms with Crippen molar-refractivity contribution >= 4 is 10.9 Å². The Labute approximate surface area is 125 Å². The Morgan fingerprint density at radius 2 is 1.90 bits per heavy atom. The van der Waals surface area contributed by atoms with Crippen LogP contribution in [0.15, 0.2) is 54.6 Å². The lowest BCUT2D eigenvalue weighted by molar-refractivity contribution is 0.259. The molecule has 1 aliphatic heterocycles. The Morgan fingerprint density at radius 3 is 2.86 bits per heavy atom. The molecule has 0 aliphatic carbocycles. The van der Waals surface area contributed by atoms with Gasteiger partial charge in [-0.15, -0.1) is 0 Å². The molecule has 0 saturated carbocycles. The fourth-order valence-electron chi connectivity index (χ4n) is 3.42. The van der Waals surface area contributed by atoms with Gasteiger partial charge in [0.1, 0.15) is 5.75 Å². The third-order valence-corrected chi connectivity index (χ3v) is 4.50. The van der Waals surface area contributed by atoms with Crippen LogP contribution in [-0.2, 0) is 6.54 Å². The van der Waals surface area contributed by atoms with E-state index in [-0.39, 0.29) is 0 Å². The molecule has 0 amide bonds. The van der Waals surface area contributed by atoms with Crippen LogP contribution in [0.1, 0.15) is 23.6 Å². The van der Waals surface area contributed by atoms with Crippen molar-refractivity contribution in [3.8, 4) is 5.75 Å². The molecule has 0 radical (unpaired) electrons. The van der Waals surface area contributed by atoms with Gasteiger partial charge in [0, 0.05) is 23.7 Å². The number of fused-ring (bicyclic) bond motifs is 2. The minimum atomic E-state index is 0.532. The quantitative estimate of drug-likeness (QED) is 0.672. The van der Waals surface area contributed by atoms with Crippen LogP contribution in [0.2, 0.25) is 0 Å². The molecule has 0 spiro atoms. The van der Waals surface area contributed by atoms with Gasteiger partial charge in [0.25, 0.3) is 0 Å². The standard InChI is InChI=1S/C19H19NO/c1-14-12-15-6-2-4-8-18(15)20(14)13-16-10-11-21-19-9-5-3-7-17(16)19/h2-9,12,16H,10-11,13H2,1H3. The summed E-state index contributed by atoms with van der Waals surface area (Å²) in [4.78, 5) is 0. The van der Waals surface area contributed by atoms with Gasteiger partial charge in [0.05, 0.1) is 6.61 Å². The average Bonchev–Trinajstić information content (AvgIpc) is 2.84. The molecule has 1 atom stereocenters. The molecule has 1 aliphatic rings. The topological polar surface area (TPSA) is 14.2 Å². The van der Waals surface area contributed by atoms with E-state index in [4.69, 9.17) is 4.74 Å². The van der Waals surface area contributed by atoms with E-state index in [2.05, 4.69) is 66.1 Å². The number of hydrogen-bond acceptors (Lipinski definition) is 1. The molecule has 21 heavy (non-hydrogen) atoms. The van der Waals surface area contributed by atoms with Crippen LogP contribution < -0.4 is 4.74 Å². The van der Waals surface area contributed by atoms with E-state index in [1.54, 1.807) is 0 Å². The van der Waals surface area contributed by atoms with Crippen molar-refractivity contribution in [3.05, 3.63) is 65.9 Å². The van der Waals surface area contributed by atoms with Gasteiger partial charge in [-0.25, -0.2) is 0 Å². The Hall–Kier alpha value is -2.22. The molecule has 4 rings (SSSR count). The first-order valence-corrected chi connectivity index (χ1v) is 7.59. The van der Waals surface area contributed by atoms with Crippen molar-refractivity contribution in [3.63, 3.8) is 0 Å². The van der Waals surface area contributed by atoms with Gasteiger partial charge in [0.15, 0.2) is 0 Å². The van der Waals surface area contributed by atoms with E-state index >= 15 is 0 Å². The third kappa shape index (κ3) is 2.11. The smallest absolute Gasteiger partial charge is 0.122 e. The molecule has 1 aromatic heterocycles. The average molecular weight is 277 g/mol. The summed E-state index contributed by atoms with van der Waals surface area (Å²) in [5.74, 6) is 1.59. The molecule has 2 nitrogen and oxygen atoms in total. The molecule has 106 valence electrons. The predicted molar refractivity (Wildman–Crippen MR) is 86.0 cm³/mol. The van der Waals surface area contributed by atoms with Gasteiger partial charge in [0.2, 0.25) is 0 Å². The van der Waals surface area contributed by atoms with Gasteiger partial charge in [-0.2, -0.15) is 0 Å². The minimum absolute atomic E-state index is 0.532. The van der Waals surface area contributed by atoms with Crippen molar-refractivity contribution in [2.24, 2.45) is 0 Å². The second-order valence-corrected chi connectivity index (χ2v) is 5.83. The third-order valence-electron chi connectivity index (χ3n) is 4.50. The molecule has 0 N–H and O–H groups in total. The van der Waals surface area contributed by atoms with E-state index in [0.29, 0.717) is 5.92 Å². The molecule has 2 heteroatoms. The predicted octanol–water partition coefficient (Wildman–Crippen LogP) is 4.52. The molecule has 0 fully saturated rings. The summed E-state index contributed by atoms with van der Waals surface area (Å²) >= 11 is 0. The molecule has 0 bridgehead atoms. The van der Waals surface area contributed by atoms with Gasteiger partial charge < -0.3 is 9.30 Å².